The molecule has 0 radical (unpaired) electrons. The van der Waals surface area contributed by atoms with Crippen LogP contribution in [-0.4, -0.2) is 135 Å². The van der Waals surface area contributed by atoms with Gasteiger partial charge in [-0.05, 0) is 203 Å². The minimum absolute atomic E-state index is 0. The van der Waals surface area contributed by atoms with Crippen molar-refractivity contribution in [1.29, 1.82) is 10.5 Å². The summed E-state index contributed by atoms with van der Waals surface area (Å²) in [6.07, 6.45) is 13.7. The van der Waals surface area contributed by atoms with Gasteiger partial charge in [-0.3, -0.25) is 39.6 Å². The van der Waals surface area contributed by atoms with E-state index in [4.69, 9.17) is 30.5 Å². The number of anilines is 1. The van der Waals surface area contributed by atoms with Gasteiger partial charge in [0, 0.05) is 72.7 Å². The normalized spacial score (nSPS) is 11.1. The third-order valence-corrected chi connectivity index (χ3v) is 24.8. The molecule has 25 heteroatoms. The van der Waals surface area contributed by atoms with Crippen molar-refractivity contribution in [2.75, 3.05) is 31.1 Å². The zero-order chi connectivity index (χ0) is 96.7. The molecule has 0 aliphatic carbocycles. The molecule has 0 atom stereocenters. The van der Waals surface area contributed by atoms with E-state index in [0.29, 0.717) is 75.7 Å². The maximum absolute atomic E-state index is 10.3. The van der Waals surface area contributed by atoms with Gasteiger partial charge in [-0.15, -0.1) is 40.8 Å². The first-order valence-electron chi connectivity index (χ1n) is 47.7. The number of pyridine rings is 6. The van der Waals surface area contributed by atoms with Gasteiger partial charge in [-0.25, -0.2) is 4.98 Å². The lowest BCUT2D eigenvalue weighted by molar-refractivity contribution is 0.241. The quantitative estimate of drug-likeness (QED) is 0.0382. The monoisotopic (exact) mass is 1870 g/mol. The Morgan fingerprint density at radius 2 is 0.662 bits per heavy atom. The van der Waals surface area contributed by atoms with Gasteiger partial charge in [-0.2, -0.15) is 10.5 Å². The van der Waals surface area contributed by atoms with Crippen molar-refractivity contribution < 1.29 is 5.11 Å². The molecule has 0 amide bonds. The van der Waals surface area contributed by atoms with Crippen LogP contribution in [0.15, 0.2) is 359 Å². The minimum Gasteiger partial charge on any atom is -0.506 e. The predicted molar refractivity (Wildman–Crippen MR) is 560 cm³/mol. The van der Waals surface area contributed by atoms with Crippen molar-refractivity contribution >= 4 is 49.4 Å². The summed E-state index contributed by atoms with van der Waals surface area (Å²) in [7, 11) is 0. The number of para-hydroxylation sites is 4. The largest absolute Gasteiger partial charge is 0.506 e. The average Bonchev–Trinajstić information content (AvgIpc) is 1.11. The summed E-state index contributed by atoms with van der Waals surface area (Å²) in [5.41, 5.74) is 22.2. The molecule has 0 fully saturated rings. The summed E-state index contributed by atoms with van der Waals surface area (Å²) in [4.78, 5) is 38.0. The van der Waals surface area contributed by atoms with Crippen molar-refractivity contribution in [3.63, 3.8) is 0 Å². The van der Waals surface area contributed by atoms with Crippen molar-refractivity contribution in [3.05, 3.63) is 478 Å². The molecule has 25 nitrogen and oxygen atoms in total. The van der Waals surface area contributed by atoms with E-state index in [1.54, 1.807) is 37.4 Å². The highest BCUT2D eigenvalue weighted by atomic mass is 16.3. The molecule has 10 aromatic carbocycles. The summed E-state index contributed by atoms with van der Waals surface area (Å²) < 4.78 is 8.17. The molecule has 0 spiro atoms. The molecule has 1 N–H and O–H groups in total. The molecule has 0 aliphatic rings. The summed E-state index contributed by atoms with van der Waals surface area (Å²) in [6.45, 7) is 18.8. The Labute approximate surface area is 829 Å². The molecule has 710 valence electrons. The first-order valence-corrected chi connectivity index (χ1v) is 47.7. The standard InChI is InChI=1S/C30H28N6.C29H30N6O.C29H26N6.C28H28N6.CH4/c31-19-25-12-14-26(15-13-25)20-36-23-32-34-30(36)22-35(18-6-9-24-7-2-1-3-8-24)21-28-17-16-27-10-4-5-11-29(27)33-28;1-21-7-10-23(11-8-21)15-16-34(17-25-13-12-24-5-3-4-6-26(24)32-25)19-29-33-30-20-35(29)18-27-28(36)14-9-22(2)31-27;1-22-6-8-23(9-7-22)16-17-34(28-15-14-26-4-2-3-5-27(26)32-28)20-29-33-31-21-35(29)19-25-12-10-24(18-30)11-13-25;1-22-9-11-23(12-10-22)15-17-33(18-26-14-13-24-6-2-3-8-27(24)31-26)20-28-32-30-21-34(28)19-25-7-4-5-16-29-25;/h1-5,7-8,10-17,23H,6,9,18,20-22H2;3-14,20,36H,15-19H2,1-2H3;2-15,21H,16-17,19-20H2,1H3;2-14,16,21H,15,17-20H2,1H3;1H4. The zero-order valence-electron chi connectivity index (χ0n) is 79.9. The van der Waals surface area contributed by atoms with Crippen LogP contribution in [0.3, 0.4) is 0 Å². The van der Waals surface area contributed by atoms with Crippen molar-refractivity contribution in [1.82, 2.24) is 104 Å². The summed E-state index contributed by atoms with van der Waals surface area (Å²) in [5, 5.41) is 67.4. The van der Waals surface area contributed by atoms with E-state index in [9.17, 15) is 5.11 Å². The van der Waals surface area contributed by atoms with E-state index in [1.165, 1.54) is 38.9 Å². The average molecular weight is 1870 g/mol. The number of fused-ring (bicyclic) bond motifs is 4. The predicted octanol–water partition coefficient (Wildman–Crippen LogP) is 21.0. The smallest absolute Gasteiger partial charge is 0.152 e. The molecule has 10 aromatic heterocycles. The Morgan fingerprint density at radius 3 is 1.09 bits per heavy atom. The fourth-order valence-electron chi connectivity index (χ4n) is 16.9. The van der Waals surface area contributed by atoms with Crippen LogP contribution in [0, 0.1) is 50.4 Å². The second kappa shape index (κ2) is 49.4. The molecule has 0 bridgehead atoms. The lowest BCUT2D eigenvalue weighted by Crippen LogP contribution is -2.28. The molecule has 0 saturated carbocycles. The van der Waals surface area contributed by atoms with E-state index >= 15 is 0 Å². The third-order valence-electron chi connectivity index (χ3n) is 24.8. The van der Waals surface area contributed by atoms with Crippen LogP contribution in [0.25, 0.3) is 43.6 Å². The lowest BCUT2D eigenvalue weighted by Gasteiger charge is -2.24. The van der Waals surface area contributed by atoms with Crippen LogP contribution in [0.5, 0.6) is 5.75 Å². The fraction of sp³-hybridized carbons (Fsp3) is 0.214. The Morgan fingerprint density at radius 1 is 0.296 bits per heavy atom. The fourth-order valence-corrected chi connectivity index (χ4v) is 16.9. The number of aryl methyl sites for hydroxylation is 5. The SMILES string of the molecule is C.Cc1ccc(CCN(Cc2ccc3ccccc3n2)Cc2nncn2Cc2ccccn2)cc1.Cc1ccc(CCN(Cc2ccc3ccccc3n2)Cc2nncn2Cc2nc(C)ccc2O)cc1.Cc1ccc(CCN(Cc2nncn2Cc2ccc(C#N)cc2)c2ccc3ccccc3n2)cc1.N#Cc1ccc(Cn2cnnc2CN(CCCc2ccccc2)Cc2ccc3ccccc3n2)cc1. The molecule has 0 saturated heterocycles. The van der Waals surface area contributed by atoms with Crippen LogP contribution < -0.4 is 4.90 Å². The van der Waals surface area contributed by atoms with E-state index < -0.39 is 0 Å². The van der Waals surface area contributed by atoms with Gasteiger partial charge >= 0.3 is 0 Å². The summed E-state index contributed by atoms with van der Waals surface area (Å²) in [5.74, 6) is 4.63. The molecule has 20 rings (SSSR count). The highest BCUT2D eigenvalue weighted by molar-refractivity contribution is 5.81. The maximum Gasteiger partial charge on any atom is 0.152 e. The summed E-state index contributed by atoms with van der Waals surface area (Å²) in [6, 6.07) is 116. The van der Waals surface area contributed by atoms with Gasteiger partial charge in [-0.1, -0.05) is 249 Å². The van der Waals surface area contributed by atoms with Gasteiger partial charge in [0.2, 0.25) is 0 Å². The Hall–Kier alpha value is -16.8. The first-order chi connectivity index (χ1) is 69.2. The van der Waals surface area contributed by atoms with Crippen LogP contribution in [0.2, 0.25) is 0 Å². The van der Waals surface area contributed by atoms with E-state index in [1.807, 2.05) is 145 Å². The van der Waals surface area contributed by atoms with Crippen molar-refractivity contribution in [2.24, 2.45) is 0 Å². The molecular weight excluding hydrogens is 1760 g/mol. The second-order valence-corrected chi connectivity index (χ2v) is 35.6. The molecule has 10 heterocycles. The number of nitriles is 2. The molecule has 0 unspecified atom stereocenters. The number of aromatic nitrogens is 18. The number of nitrogens with zero attached hydrogens (tertiary/aromatic N) is 24. The highest BCUT2D eigenvalue weighted by Crippen LogP contribution is 2.26. The number of aromatic hydroxyl groups is 1. The minimum atomic E-state index is 0. The molecule has 20 aromatic rings. The number of rotatable bonds is 36. The van der Waals surface area contributed by atoms with Crippen molar-refractivity contribution in [2.45, 2.75) is 139 Å². The van der Waals surface area contributed by atoms with Crippen LogP contribution in [-0.2, 0) is 97.7 Å². The van der Waals surface area contributed by atoms with Crippen molar-refractivity contribution in [3.8, 4) is 17.9 Å². The van der Waals surface area contributed by atoms with Gasteiger partial charge < -0.3 is 28.3 Å². The lowest BCUT2D eigenvalue weighted by atomic mass is 10.1. The van der Waals surface area contributed by atoms with Gasteiger partial charge in [0.25, 0.3) is 0 Å². The van der Waals surface area contributed by atoms with E-state index in [0.717, 1.165) is 184 Å². The Balaban J connectivity index is 0.000000136. The summed E-state index contributed by atoms with van der Waals surface area (Å²) >= 11 is 0. The van der Waals surface area contributed by atoms with Crippen LogP contribution >= 0.6 is 0 Å². The topological polar surface area (TPSA) is 281 Å². The van der Waals surface area contributed by atoms with Gasteiger partial charge in [0.15, 0.2) is 5.82 Å². The Bertz CT molecular complexity index is 7500. The number of hydrogen-bond donors (Lipinski definition) is 1. The highest BCUT2D eigenvalue weighted by Gasteiger charge is 2.22. The molecule has 142 heavy (non-hydrogen) atoms. The molecule has 0 aliphatic heterocycles. The second-order valence-electron chi connectivity index (χ2n) is 35.6. The third kappa shape index (κ3) is 28.2. The Kier molecular flexibility index (Phi) is 34.2. The van der Waals surface area contributed by atoms with Crippen LogP contribution in [0.1, 0.15) is 133 Å². The van der Waals surface area contributed by atoms with E-state index in [-0.39, 0.29) is 13.2 Å². The number of benzene rings is 10. The first kappa shape index (κ1) is 98.2. The van der Waals surface area contributed by atoms with Crippen LogP contribution in [0.4, 0.5) is 5.82 Å². The zero-order valence-corrected chi connectivity index (χ0v) is 79.9. The van der Waals surface area contributed by atoms with E-state index in [2.05, 4.69) is 305 Å². The maximum atomic E-state index is 10.3. The molecular formula is C117H116N24O. The van der Waals surface area contributed by atoms with Gasteiger partial charge in [0.1, 0.15) is 60.0 Å². The number of hydrogen-bond acceptors (Lipinski definition) is 21. The van der Waals surface area contributed by atoms with Gasteiger partial charge in [0.05, 0.1) is 120 Å².